The van der Waals surface area contributed by atoms with Crippen molar-refractivity contribution >= 4 is 23.2 Å². The molecule has 0 aliphatic heterocycles. The maximum atomic E-state index is 10.4. The molecule has 0 radical (unpaired) electrons. The van der Waals surface area contributed by atoms with Crippen LogP contribution in [0.2, 0.25) is 10.0 Å². The van der Waals surface area contributed by atoms with Crippen LogP contribution >= 0.6 is 23.2 Å². The molecule has 5 heteroatoms. The Morgan fingerprint density at radius 2 is 2.05 bits per heavy atom. The Bertz CT molecular complexity index is 629. The van der Waals surface area contributed by atoms with Crippen LogP contribution in [0.4, 0.5) is 0 Å². The molecule has 1 N–H and O–H groups in total. The van der Waals surface area contributed by atoms with Crippen LogP contribution in [0.1, 0.15) is 30.2 Å². The van der Waals surface area contributed by atoms with Crippen molar-refractivity contribution < 1.29 is 9.84 Å². The maximum Gasteiger partial charge on any atom is 0.123 e. The van der Waals surface area contributed by atoms with Gasteiger partial charge in [-0.05, 0) is 36.6 Å². The van der Waals surface area contributed by atoms with E-state index in [1.807, 2.05) is 24.3 Å². The molecule has 0 saturated heterocycles. The molecule has 1 fully saturated rings. The number of aromatic nitrogens is 1. The average Bonchev–Trinajstić information content (AvgIpc) is 3.22. The topological polar surface area (TPSA) is 42.4 Å². The fourth-order valence-corrected chi connectivity index (χ4v) is 2.40. The van der Waals surface area contributed by atoms with Crippen LogP contribution in [-0.4, -0.2) is 16.2 Å². The van der Waals surface area contributed by atoms with Gasteiger partial charge < -0.3 is 9.84 Å². The number of hydrogen-bond donors (Lipinski definition) is 1. The molecule has 104 valence electrons. The van der Waals surface area contributed by atoms with Gasteiger partial charge in [-0.25, -0.2) is 0 Å². The fourth-order valence-electron chi connectivity index (χ4n) is 1.92. The van der Waals surface area contributed by atoms with E-state index in [1.165, 1.54) is 6.20 Å². The van der Waals surface area contributed by atoms with Gasteiger partial charge in [0.05, 0.1) is 21.8 Å². The smallest absolute Gasteiger partial charge is 0.123 e. The van der Waals surface area contributed by atoms with E-state index in [0.29, 0.717) is 27.4 Å². The Balaban J connectivity index is 1.86. The predicted molar refractivity (Wildman–Crippen MR) is 78.4 cm³/mol. The van der Waals surface area contributed by atoms with Gasteiger partial charge in [0.25, 0.3) is 0 Å². The standard InChI is InChI=1S/C15H13Cl2NO2/c16-10-7-13(17)14(18-8-10)15(19)9-2-1-3-12(6-9)20-11-4-5-11/h1-3,6-8,11,15,19H,4-5H2. The SMILES string of the molecule is OC(c1cccc(OC2CC2)c1)c1ncc(Cl)cc1Cl. The molecule has 1 aliphatic carbocycles. The summed E-state index contributed by atoms with van der Waals surface area (Å²) in [6.07, 6.45) is 3.08. The molecule has 1 unspecified atom stereocenters. The molecule has 0 bridgehead atoms. The number of halogens is 2. The number of rotatable bonds is 4. The van der Waals surface area contributed by atoms with Crippen LogP contribution in [0, 0.1) is 0 Å². The largest absolute Gasteiger partial charge is 0.490 e. The summed E-state index contributed by atoms with van der Waals surface area (Å²) < 4.78 is 5.72. The van der Waals surface area contributed by atoms with Crippen LogP contribution in [0.5, 0.6) is 5.75 Å². The zero-order chi connectivity index (χ0) is 14.1. The average molecular weight is 310 g/mol. The first-order valence-corrected chi connectivity index (χ1v) is 7.14. The van der Waals surface area contributed by atoms with Gasteiger partial charge in [0.1, 0.15) is 11.9 Å². The molecule has 0 spiro atoms. The van der Waals surface area contributed by atoms with Gasteiger partial charge in [-0.2, -0.15) is 0 Å². The quantitative estimate of drug-likeness (QED) is 0.927. The Morgan fingerprint density at radius 1 is 1.25 bits per heavy atom. The molecule has 1 heterocycles. The van der Waals surface area contributed by atoms with Gasteiger partial charge in [-0.3, -0.25) is 4.98 Å². The number of benzene rings is 1. The molecule has 20 heavy (non-hydrogen) atoms. The second-order valence-electron chi connectivity index (χ2n) is 4.81. The Hall–Kier alpha value is -1.29. The Kier molecular flexibility index (Phi) is 3.83. The number of nitrogens with zero attached hydrogens (tertiary/aromatic N) is 1. The summed E-state index contributed by atoms with van der Waals surface area (Å²) >= 11 is 11.9. The Labute approximate surface area is 127 Å². The van der Waals surface area contributed by atoms with Gasteiger partial charge >= 0.3 is 0 Å². The van der Waals surface area contributed by atoms with E-state index in [9.17, 15) is 5.11 Å². The second kappa shape index (κ2) is 5.60. The molecule has 2 aromatic rings. The van der Waals surface area contributed by atoms with Gasteiger partial charge in [0.15, 0.2) is 0 Å². The minimum atomic E-state index is -0.900. The van der Waals surface area contributed by atoms with Crippen molar-refractivity contribution in [2.75, 3.05) is 0 Å². The minimum absolute atomic E-state index is 0.319. The van der Waals surface area contributed by atoms with Crippen LogP contribution in [0.15, 0.2) is 36.5 Å². The molecule has 1 atom stereocenters. The maximum absolute atomic E-state index is 10.4. The van der Waals surface area contributed by atoms with E-state index in [0.717, 1.165) is 18.6 Å². The van der Waals surface area contributed by atoms with Crippen LogP contribution < -0.4 is 4.74 Å². The van der Waals surface area contributed by atoms with E-state index in [4.69, 9.17) is 27.9 Å². The molecule has 3 nitrogen and oxygen atoms in total. The van der Waals surface area contributed by atoms with Gasteiger partial charge in [-0.15, -0.1) is 0 Å². The lowest BCUT2D eigenvalue weighted by Gasteiger charge is -2.13. The third-order valence-corrected chi connectivity index (χ3v) is 3.61. The molecular weight excluding hydrogens is 297 g/mol. The highest BCUT2D eigenvalue weighted by atomic mass is 35.5. The number of hydrogen-bond acceptors (Lipinski definition) is 3. The van der Waals surface area contributed by atoms with E-state index in [-0.39, 0.29) is 0 Å². The molecule has 1 saturated carbocycles. The lowest BCUT2D eigenvalue weighted by atomic mass is 10.1. The monoisotopic (exact) mass is 309 g/mol. The summed E-state index contributed by atoms with van der Waals surface area (Å²) in [7, 11) is 0. The highest BCUT2D eigenvalue weighted by Gasteiger charge is 2.24. The first-order valence-electron chi connectivity index (χ1n) is 6.39. The summed E-state index contributed by atoms with van der Waals surface area (Å²) in [5.74, 6) is 0.758. The summed E-state index contributed by atoms with van der Waals surface area (Å²) in [5, 5.41) is 11.2. The lowest BCUT2D eigenvalue weighted by Crippen LogP contribution is -2.04. The molecular formula is C15H13Cl2NO2. The summed E-state index contributed by atoms with van der Waals surface area (Å²) in [4.78, 5) is 4.10. The van der Waals surface area contributed by atoms with E-state index in [1.54, 1.807) is 6.07 Å². The first kappa shape index (κ1) is 13.7. The first-order chi connectivity index (χ1) is 9.63. The minimum Gasteiger partial charge on any atom is -0.490 e. The summed E-state index contributed by atoms with van der Waals surface area (Å²) in [6, 6.07) is 8.93. The molecule has 1 aromatic heterocycles. The van der Waals surface area contributed by atoms with Gasteiger partial charge in [-0.1, -0.05) is 35.3 Å². The highest BCUT2D eigenvalue weighted by molar-refractivity contribution is 6.34. The van der Waals surface area contributed by atoms with Crippen molar-refractivity contribution in [1.82, 2.24) is 4.98 Å². The molecule has 3 rings (SSSR count). The highest BCUT2D eigenvalue weighted by Crippen LogP contribution is 2.32. The third-order valence-electron chi connectivity index (χ3n) is 3.10. The van der Waals surface area contributed by atoms with E-state index in [2.05, 4.69) is 4.98 Å². The van der Waals surface area contributed by atoms with Crippen molar-refractivity contribution in [1.29, 1.82) is 0 Å². The summed E-state index contributed by atoms with van der Waals surface area (Å²) in [6.45, 7) is 0. The van der Waals surface area contributed by atoms with E-state index >= 15 is 0 Å². The molecule has 1 aliphatic rings. The van der Waals surface area contributed by atoms with Crippen molar-refractivity contribution in [3.05, 3.63) is 57.8 Å². The van der Waals surface area contributed by atoms with Gasteiger partial charge in [0, 0.05) is 6.20 Å². The summed E-state index contributed by atoms with van der Waals surface area (Å²) in [5.41, 5.74) is 1.08. The predicted octanol–water partition coefficient (Wildman–Crippen LogP) is 4.01. The third kappa shape index (κ3) is 3.06. The van der Waals surface area contributed by atoms with Gasteiger partial charge in [0.2, 0.25) is 0 Å². The van der Waals surface area contributed by atoms with Crippen molar-refractivity contribution in [2.45, 2.75) is 25.0 Å². The van der Waals surface area contributed by atoms with Crippen LogP contribution in [0.25, 0.3) is 0 Å². The zero-order valence-corrected chi connectivity index (χ0v) is 12.1. The normalized spacial score (nSPS) is 15.9. The van der Waals surface area contributed by atoms with Crippen LogP contribution in [0.3, 0.4) is 0 Å². The number of ether oxygens (including phenoxy) is 1. The Morgan fingerprint density at radius 3 is 2.75 bits per heavy atom. The molecule has 1 aromatic carbocycles. The number of pyridine rings is 1. The number of aliphatic hydroxyl groups is 1. The second-order valence-corrected chi connectivity index (χ2v) is 5.66. The van der Waals surface area contributed by atoms with Crippen molar-refractivity contribution in [3.8, 4) is 5.75 Å². The van der Waals surface area contributed by atoms with Crippen molar-refractivity contribution in [3.63, 3.8) is 0 Å². The zero-order valence-electron chi connectivity index (χ0n) is 10.6. The van der Waals surface area contributed by atoms with Crippen molar-refractivity contribution in [2.24, 2.45) is 0 Å². The fraction of sp³-hybridized carbons (Fsp3) is 0.267. The molecule has 0 amide bonds. The van der Waals surface area contributed by atoms with E-state index < -0.39 is 6.10 Å². The number of aliphatic hydroxyl groups excluding tert-OH is 1. The van der Waals surface area contributed by atoms with Crippen LogP contribution in [-0.2, 0) is 0 Å². The lowest BCUT2D eigenvalue weighted by molar-refractivity contribution is 0.214.